The van der Waals surface area contributed by atoms with Crippen LogP contribution in [0.4, 0.5) is 0 Å². The van der Waals surface area contributed by atoms with Crippen LogP contribution in [0.3, 0.4) is 0 Å². The minimum atomic E-state index is 0.558. The van der Waals surface area contributed by atoms with Crippen LogP contribution in [-0.2, 0) is 0 Å². The molecular formula is C14H22N+. The van der Waals surface area contributed by atoms with Crippen LogP contribution in [0, 0.1) is 11.8 Å². The minimum absolute atomic E-state index is 0.558. The van der Waals surface area contributed by atoms with Gasteiger partial charge in [-0.2, -0.15) is 0 Å². The van der Waals surface area contributed by atoms with Gasteiger partial charge < -0.3 is 4.48 Å². The second-order valence-electron chi connectivity index (χ2n) is 4.45. The first-order valence-electron chi connectivity index (χ1n) is 5.53. The van der Waals surface area contributed by atoms with Crippen molar-refractivity contribution < 1.29 is 4.48 Å². The van der Waals surface area contributed by atoms with Crippen LogP contribution in [0.5, 0.6) is 0 Å². The molecule has 0 N–H and O–H groups in total. The Hall–Kier alpha value is -1.08. The summed E-state index contributed by atoms with van der Waals surface area (Å²) in [4.78, 5) is 0. The standard InChI is InChI=1S/C14H22N/c1-5-9-15(10-6-2)11-13(7-3)14(8-4)12-15/h5-8,13-14H,1-4,9-12H2/q+1. The van der Waals surface area contributed by atoms with Crippen molar-refractivity contribution in [3.05, 3.63) is 50.6 Å². The fraction of sp³-hybridized carbons (Fsp3) is 0.429. The predicted octanol–water partition coefficient (Wildman–Crippen LogP) is 2.79. The summed E-state index contributed by atoms with van der Waals surface area (Å²) in [6, 6.07) is 0. The molecule has 0 aliphatic carbocycles. The Morgan fingerprint density at radius 3 is 1.53 bits per heavy atom. The van der Waals surface area contributed by atoms with Gasteiger partial charge >= 0.3 is 0 Å². The number of hydrogen-bond donors (Lipinski definition) is 0. The lowest BCUT2D eigenvalue weighted by molar-refractivity contribution is -0.907. The summed E-state index contributed by atoms with van der Waals surface area (Å²) < 4.78 is 1.06. The number of quaternary nitrogens is 1. The monoisotopic (exact) mass is 204 g/mol. The van der Waals surface area contributed by atoms with Crippen molar-refractivity contribution in [3.8, 4) is 0 Å². The number of nitrogens with zero attached hydrogens (tertiary/aromatic N) is 1. The Balaban J connectivity index is 2.83. The lowest BCUT2D eigenvalue weighted by atomic mass is 9.97. The minimum Gasteiger partial charge on any atom is -0.316 e. The summed E-state index contributed by atoms with van der Waals surface area (Å²) in [6.07, 6.45) is 8.15. The van der Waals surface area contributed by atoms with Gasteiger partial charge in [0.1, 0.15) is 0 Å². The second-order valence-corrected chi connectivity index (χ2v) is 4.45. The van der Waals surface area contributed by atoms with Gasteiger partial charge in [0.25, 0.3) is 0 Å². The Bertz CT molecular complexity index is 237. The average molecular weight is 204 g/mol. The van der Waals surface area contributed by atoms with Crippen LogP contribution >= 0.6 is 0 Å². The third-order valence-electron chi connectivity index (χ3n) is 3.38. The third kappa shape index (κ3) is 2.48. The maximum Gasteiger partial charge on any atom is 0.0973 e. The fourth-order valence-electron chi connectivity index (χ4n) is 2.66. The Labute approximate surface area is 93.7 Å². The molecule has 0 aromatic heterocycles. The van der Waals surface area contributed by atoms with E-state index in [1.807, 2.05) is 12.2 Å². The zero-order valence-electron chi connectivity index (χ0n) is 9.57. The van der Waals surface area contributed by atoms with Crippen LogP contribution in [-0.4, -0.2) is 30.7 Å². The van der Waals surface area contributed by atoms with Crippen molar-refractivity contribution in [2.45, 2.75) is 0 Å². The van der Waals surface area contributed by atoms with Crippen LogP contribution in [0.15, 0.2) is 50.6 Å². The summed E-state index contributed by atoms with van der Waals surface area (Å²) in [6.45, 7) is 19.8. The highest BCUT2D eigenvalue weighted by Crippen LogP contribution is 2.31. The molecule has 1 saturated heterocycles. The van der Waals surface area contributed by atoms with Gasteiger partial charge in [0, 0.05) is 11.8 Å². The maximum absolute atomic E-state index is 3.92. The summed E-state index contributed by atoms with van der Waals surface area (Å²) in [5.74, 6) is 1.12. The average Bonchev–Trinajstić information content (AvgIpc) is 2.57. The fourth-order valence-corrected chi connectivity index (χ4v) is 2.66. The van der Waals surface area contributed by atoms with Crippen molar-refractivity contribution in [2.24, 2.45) is 11.8 Å². The van der Waals surface area contributed by atoms with Crippen molar-refractivity contribution in [1.82, 2.24) is 0 Å². The first-order valence-corrected chi connectivity index (χ1v) is 5.53. The lowest BCUT2D eigenvalue weighted by Crippen LogP contribution is -2.46. The van der Waals surface area contributed by atoms with Gasteiger partial charge in [-0.15, -0.1) is 13.2 Å². The molecule has 0 amide bonds. The molecule has 2 unspecified atom stereocenters. The molecule has 1 aliphatic rings. The van der Waals surface area contributed by atoms with Gasteiger partial charge in [0.15, 0.2) is 0 Å². The van der Waals surface area contributed by atoms with Crippen molar-refractivity contribution in [1.29, 1.82) is 0 Å². The van der Waals surface area contributed by atoms with Crippen LogP contribution in [0.1, 0.15) is 0 Å². The number of hydrogen-bond acceptors (Lipinski definition) is 0. The summed E-state index contributed by atoms with van der Waals surface area (Å²) >= 11 is 0. The first-order chi connectivity index (χ1) is 7.21. The second kappa shape index (κ2) is 5.13. The van der Waals surface area contributed by atoms with E-state index in [4.69, 9.17) is 0 Å². The molecule has 0 spiro atoms. The van der Waals surface area contributed by atoms with Crippen molar-refractivity contribution in [2.75, 3.05) is 26.2 Å². The first kappa shape index (κ1) is 12.0. The highest BCUT2D eigenvalue weighted by molar-refractivity contribution is 4.97. The highest BCUT2D eigenvalue weighted by Gasteiger charge is 2.40. The summed E-state index contributed by atoms with van der Waals surface area (Å²) in [7, 11) is 0. The van der Waals surface area contributed by atoms with E-state index in [2.05, 4.69) is 38.5 Å². The predicted molar refractivity (Wildman–Crippen MR) is 67.5 cm³/mol. The maximum atomic E-state index is 3.92. The zero-order valence-corrected chi connectivity index (χ0v) is 9.57. The van der Waals surface area contributed by atoms with Crippen molar-refractivity contribution >= 4 is 0 Å². The molecule has 1 heteroatoms. The van der Waals surface area contributed by atoms with Gasteiger partial charge in [0.05, 0.1) is 26.2 Å². The highest BCUT2D eigenvalue weighted by atomic mass is 15.4. The van der Waals surface area contributed by atoms with E-state index >= 15 is 0 Å². The Morgan fingerprint density at radius 1 is 0.867 bits per heavy atom. The van der Waals surface area contributed by atoms with Crippen LogP contribution < -0.4 is 0 Å². The SMILES string of the molecule is C=CC[N+]1(CC=C)CC(C=C)C(C=C)C1. The van der Waals surface area contributed by atoms with E-state index in [1.54, 1.807) is 0 Å². The molecule has 0 bridgehead atoms. The normalized spacial score (nSPS) is 28.3. The van der Waals surface area contributed by atoms with E-state index in [9.17, 15) is 0 Å². The van der Waals surface area contributed by atoms with Gasteiger partial charge in [0.2, 0.25) is 0 Å². The molecule has 1 aliphatic heterocycles. The van der Waals surface area contributed by atoms with Gasteiger partial charge in [-0.1, -0.05) is 25.3 Å². The summed E-state index contributed by atoms with van der Waals surface area (Å²) in [5.41, 5.74) is 0. The lowest BCUT2D eigenvalue weighted by Gasteiger charge is -2.32. The molecule has 2 atom stereocenters. The van der Waals surface area contributed by atoms with Gasteiger partial charge in [-0.25, -0.2) is 0 Å². The Morgan fingerprint density at radius 2 is 1.27 bits per heavy atom. The quantitative estimate of drug-likeness (QED) is 0.461. The molecular weight excluding hydrogens is 182 g/mol. The van der Waals surface area contributed by atoms with E-state index in [0.717, 1.165) is 30.7 Å². The van der Waals surface area contributed by atoms with Crippen molar-refractivity contribution in [3.63, 3.8) is 0 Å². The number of likely N-dealkylation sites (tertiary alicyclic amines) is 1. The van der Waals surface area contributed by atoms with Gasteiger partial charge in [-0.3, -0.25) is 0 Å². The molecule has 1 fully saturated rings. The van der Waals surface area contributed by atoms with Crippen LogP contribution in [0.2, 0.25) is 0 Å². The molecule has 0 aromatic rings. The zero-order chi connectivity index (χ0) is 11.3. The largest absolute Gasteiger partial charge is 0.316 e. The molecule has 0 aromatic carbocycles. The summed E-state index contributed by atoms with van der Waals surface area (Å²) in [5, 5.41) is 0. The van der Waals surface area contributed by atoms with E-state index in [-0.39, 0.29) is 0 Å². The molecule has 0 saturated carbocycles. The Kier molecular flexibility index (Phi) is 4.10. The van der Waals surface area contributed by atoms with E-state index in [1.165, 1.54) is 0 Å². The molecule has 1 rings (SSSR count). The van der Waals surface area contributed by atoms with E-state index < -0.39 is 0 Å². The molecule has 0 radical (unpaired) electrons. The molecule has 1 nitrogen and oxygen atoms in total. The molecule has 1 heterocycles. The number of rotatable bonds is 6. The van der Waals surface area contributed by atoms with Crippen LogP contribution in [0.25, 0.3) is 0 Å². The smallest absolute Gasteiger partial charge is 0.0973 e. The van der Waals surface area contributed by atoms with Gasteiger partial charge in [-0.05, 0) is 12.2 Å². The molecule has 15 heavy (non-hydrogen) atoms. The van der Waals surface area contributed by atoms with E-state index in [0.29, 0.717) is 11.8 Å². The third-order valence-corrected chi connectivity index (χ3v) is 3.38. The topological polar surface area (TPSA) is 0 Å². The molecule has 82 valence electrons.